The van der Waals surface area contributed by atoms with Gasteiger partial charge >= 0.3 is 5.97 Å². The van der Waals surface area contributed by atoms with Crippen LogP contribution >= 0.6 is 0 Å². The van der Waals surface area contributed by atoms with Crippen molar-refractivity contribution in [3.8, 4) is 6.07 Å². The number of esters is 1. The predicted octanol–water partition coefficient (Wildman–Crippen LogP) is 2.71. The van der Waals surface area contributed by atoms with Gasteiger partial charge in [-0.2, -0.15) is 5.26 Å². The molecule has 4 nitrogen and oxygen atoms in total. The minimum atomic E-state index is -0.623. The first-order valence-electron chi connectivity index (χ1n) is 6.35. The molecular weight excluding hydrogens is 254 g/mol. The number of aryl methyl sites for hydroxylation is 3. The molecule has 0 aliphatic rings. The fourth-order valence-corrected chi connectivity index (χ4v) is 1.73. The molecule has 0 unspecified atom stereocenters. The third kappa shape index (κ3) is 4.22. The van der Waals surface area contributed by atoms with E-state index in [-0.39, 0.29) is 12.2 Å². The standard InChI is InChI=1S/C16H19NO3/c1-11-7-13(3)14(8-12(11)2)9-15(10-17)16(18)20-6-5-19-4/h7-9H,5-6H2,1-4H3/b15-9+. The van der Waals surface area contributed by atoms with Crippen LogP contribution in [0.4, 0.5) is 0 Å². The maximum absolute atomic E-state index is 11.7. The maximum Gasteiger partial charge on any atom is 0.348 e. The molecule has 0 amide bonds. The van der Waals surface area contributed by atoms with E-state index < -0.39 is 5.97 Å². The van der Waals surface area contributed by atoms with Gasteiger partial charge in [0.2, 0.25) is 0 Å². The number of hydrogen-bond donors (Lipinski definition) is 0. The van der Waals surface area contributed by atoms with Crippen molar-refractivity contribution in [1.82, 2.24) is 0 Å². The molecule has 0 fully saturated rings. The number of benzene rings is 1. The van der Waals surface area contributed by atoms with Crippen LogP contribution in [-0.4, -0.2) is 26.3 Å². The molecule has 0 aromatic heterocycles. The summed E-state index contributed by atoms with van der Waals surface area (Å²) in [6.07, 6.45) is 1.57. The molecule has 0 aliphatic heterocycles. The average Bonchev–Trinajstić information content (AvgIpc) is 2.41. The molecule has 0 aliphatic carbocycles. The van der Waals surface area contributed by atoms with E-state index in [4.69, 9.17) is 14.7 Å². The van der Waals surface area contributed by atoms with Crippen molar-refractivity contribution in [3.63, 3.8) is 0 Å². The van der Waals surface area contributed by atoms with Crippen molar-refractivity contribution < 1.29 is 14.3 Å². The molecule has 0 spiro atoms. The van der Waals surface area contributed by atoms with Crippen LogP contribution in [0.25, 0.3) is 6.08 Å². The summed E-state index contributed by atoms with van der Waals surface area (Å²) in [5.41, 5.74) is 4.17. The summed E-state index contributed by atoms with van der Waals surface area (Å²) in [6.45, 7) is 6.42. The van der Waals surface area contributed by atoms with E-state index in [0.717, 1.165) is 16.7 Å². The van der Waals surface area contributed by atoms with Crippen molar-refractivity contribution in [1.29, 1.82) is 5.26 Å². The van der Waals surface area contributed by atoms with Crippen molar-refractivity contribution in [2.24, 2.45) is 0 Å². The Hall–Kier alpha value is -2.12. The highest BCUT2D eigenvalue weighted by Gasteiger charge is 2.11. The maximum atomic E-state index is 11.7. The van der Waals surface area contributed by atoms with Crippen LogP contribution in [0.2, 0.25) is 0 Å². The van der Waals surface area contributed by atoms with E-state index in [1.807, 2.05) is 39.0 Å². The Morgan fingerprint density at radius 2 is 1.85 bits per heavy atom. The van der Waals surface area contributed by atoms with Gasteiger partial charge in [0.15, 0.2) is 0 Å². The molecule has 0 N–H and O–H groups in total. The number of hydrogen-bond acceptors (Lipinski definition) is 4. The zero-order valence-corrected chi connectivity index (χ0v) is 12.3. The van der Waals surface area contributed by atoms with Gasteiger partial charge in [-0.25, -0.2) is 4.79 Å². The number of nitrogens with zero attached hydrogens (tertiary/aromatic N) is 1. The lowest BCUT2D eigenvalue weighted by molar-refractivity contribution is -0.139. The molecular formula is C16H19NO3. The smallest absolute Gasteiger partial charge is 0.348 e. The number of rotatable bonds is 5. The molecule has 0 saturated carbocycles. The number of carbonyl (C=O) groups excluding carboxylic acids is 1. The van der Waals surface area contributed by atoms with Crippen molar-refractivity contribution >= 4 is 12.0 Å². The van der Waals surface area contributed by atoms with E-state index in [9.17, 15) is 4.79 Å². The Labute approximate surface area is 119 Å². The van der Waals surface area contributed by atoms with E-state index in [1.165, 1.54) is 12.7 Å². The van der Waals surface area contributed by atoms with E-state index in [0.29, 0.717) is 6.61 Å². The van der Waals surface area contributed by atoms with Gasteiger partial charge < -0.3 is 9.47 Å². The predicted molar refractivity (Wildman–Crippen MR) is 77.1 cm³/mol. The Morgan fingerprint density at radius 1 is 1.20 bits per heavy atom. The van der Waals surface area contributed by atoms with Crippen LogP contribution in [0.3, 0.4) is 0 Å². The van der Waals surface area contributed by atoms with Crippen LogP contribution in [-0.2, 0) is 14.3 Å². The van der Waals surface area contributed by atoms with E-state index in [1.54, 1.807) is 6.08 Å². The van der Waals surface area contributed by atoms with Gasteiger partial charge in [0.05, 0.1) is 6.61 Å². The van der Waals surface area contributed by atoms with Crippen molar-refractivity contribution in [3.05, 3.63) is 40.0 Å². The zero-order chi connectivity index (χ0) is 15.1. The molecule has 1 rings (SSSR count). The molecule has 0 bridgehead atoms. The molecule has 0 atom stereocenters. The Balaban J connectivity index is 2.98. The lowest BCUT2D eigenvalue weighted by Crippen LogP contribution is -2.11. The Kier molecular flexibility index (Phi) is 5.95. The van der Waals surface area contributed by atoms with E-state index >= 15 is 0 Å². The fraction of sp³-hybridized carbons (Fsp3) is 0.375. The molecule has 106 valence electrons. The normalized spacial score (nSPS) is 11.1. The van der Waals surface area contributed by atoms with Gasteiger partial charge in [-0.05, 0) is 49.1 Å². The molecule has 20 heavy (non-hydrogen) atoms. The van der Waals surface area contributed by atoms with Gasteiger partial charge in [0.1, 0.15) is 18.2 Å². The first kappa shape index (κ1) is 15.9. The molecule has 1 aromatic carbocycles. The molecule has 0 saturated heterocycles. The van der Waals surface area contributed by atoms with Crippen molar-refractivity contribution in [2.75, 3.05) is 20.3 Å². The third-order valence-corrected chi connectivity index (χ3v) is 3.04. The SMILES string of the molecule is COCCOC(=O)/C(C#N)=C/c1cc(C)c(C)cc1C. The summed E-state index contributed by atoms with van der Waals surface area (Å²) in [6, 6.07) is 5.88. The topological polar surface area (TPSA) is 59.3 Å². The van der Waals surface area contributed by atoms with Gasteiger partial charge in [0.25, 0.3) is 0 Å². The third-order valence-electron chi connectivity index (χ3n) is 3.04. The van der Waals surface area contributed by atoms with Crippen LogP contribution < -0.4 is 0 Å². The van der Waals surface area contributed by atoms with Crippen LogP contribution in [0.5, 0.6) is 0 Å². The highest BCUT2D eigenvalue weighted by molar-refractivity contribution is 5.98. The second kappa shape index (κ2) is 7.46. The van der Waals surface area contributed by atoms with Gasteiger partial charge in [0, 0.05) is 7.11 Å². The minimum Gasteiger partial charge on any atom is -0.459 e. The monoisotopic (exact) mass is 273 g/mol. The number of methoxy groups -OCH3 is 1. The summed E-state index contributed by atoms with van der Waals surface area (Å²) in [5.74, 6) is -0.623. The van der Waals surface area contributed by atoms with E-state index in [2.05, 4.69) is 0 Å². The van der Waals surface area contributed by atoms with Crippen molar-refractivity contribution in [2.45, 2.75) is 20.8 Å². The molecule has 1 aromatic rings. The largest absolute Gasteiger partial charge is 0.459 e. The number of nitriles is 1. The average molecular weight is 273 g/mol. The van der Waals surface area contributed by atoms with Gasteiger partial charge in [-0.1, -0.05) is 12.1 Å². The lowest BCUT2D eigenvalue weighted by atomic mass is 9.99. The summed E-state index contributed by atoms with van der Waals surface area (Å²) in [7, 11) is 1.52. The highest BCUT2D eigenvalue weighted by atomic mass is 16.6. The number of ether oxygens (including phenoxy) is 2. The van der Waals surface area contributed by atoms with Gasteiger partial charge in [-0.3, -0.25) is 0 Å². The molecule has 4 heteroatoms. The fourth-order valence-electron chi connectivity index (χ4n) is 1.73. The summed E-state index contributed by atoms with van der Waals surface area (Å²) in [5, 5.41) is 9.08. The van der Waals surface area contributed by atoms with Crippen LogP contribution in [0.1, 0.15) is 22.3 Å². The minimum absolute atomic E-state index is 0.00699. The summed E-state index contributed by atoms with van der Waals surface area (Å²) in [4.78, 5) is 11.7. The molecule has 0 heterocycles. The first-order chi connectivity index (χ1) is 9.49. The Bertz CT molecular complexity index is 568. The van der Waals surface area contributed by atoms with Crippen LogP contribution in [0, 0.1) is 32.1 Å². The first-order valence-corrected chi connectivity index (χ1v) is 6.35. The second-order valence-electron chi connectivity index (χ2n) is 4.59. The zero-order valence-electron chi connectivity index (χ0n) is 12.3. The highest BCUT2D eigenvalue weighted by Crippen LogP contribution is 2.18. The summed E-state index contributed by atoms with van der Waals surface area (Å²) >= 11 is 0. The lowest BCUT2D eigenvalue weighted by Gasteiger charge is -2.07. The van der Waals surface area contributed by atoms with Gasteiger partial charge in [-0.15, -0.1) is 0 Å². The summed E-state index contributed by atoms with van der Waals surface area (Å²) < 4.78 is 9.74. The second-order valence-corrected chi connectivity index (χ2v) is 4.59. The number of carbonyl (C=O) groups is 1. The van der Waals surface area contributed by atoms with Crippen LogP contribution in [0.15, 0.2) is 17.7 Å². The quantitative estimate of drug-likeness (QED) is 0.358. The Morgan fingerprint density at radius 3 is 2.45 bits per heavy atom. The molecule has 0 radical (unpaired) electrons.